The molecule has 0 saturated heterocycles. The summed E-state index contributed by atoms with van der Waals surface area (Å²) in [6.45, 7) is 1.91. The van der Waals surface area contributed by atoms with Crippen LogP contribution in [-0.4, -0.2) is 21.4 Å². The minimum Gasteiger partial charge on any atom is -0.348 e. The van der Waals surface area contributed by atoms with E-state index in [0.717, 1.165) is 0 Å². The Kier molecular flexibility index (Phi) is 6.43. The lowest BCUT2D eigenvalue weighted by Gasteiger charge is -2.22. The monoisotopic (exact) mass is 446 g/mol. The van der Waals surface area contributed by atoms with Gasteiger partial charge in [-0.05, 0) is 72.6 Å². The van der Waals surface area contributed by atoms with E-state index in [4.69, 9.17) is 11.6 Å². The van der Waals surface area contributed by atoms with E-state index in [1.807, 2.05) is 0 Å². The Morgan fingerprint density at radius 1 is 1.07 bits per heavy atom. The molecule has 8 heteroatoms. The van der Waals surface area contributed by atoms with E-state index in [2.05, 4.69) is 5.32 Å². The minimum absolute atomic E-state index is 0.116. The van der Waals surface area contributed by atoms with Gasteiger partial charge in [0.15, 0.2) is 0 Å². The molecule has 0 aliphatic rings. The predicted molar refractivity (Wildman–Crippen MR) is 116 cm³/mol. The molecule has 30 heavy (non-hydrogen) atoms. The predicted octanol–water partition coefficient (Wildman–Crippen LogP) is 4.54. The standard InChI is InChI=1S/C22H20ClFN2O3S/c1-15-12-17(22(27)25-14-16-4-3-5-19(24)13-16)6-11-21(15)26(2)30(28,29)20-9-7-18(23)8-10-20/h3-13H,14H2,1-2H3,(H,25,27). The van der Waals surface area contributed by atoms with E-state index >= 15 is 0 Å². The van der Waals surface area contributed by atoms with Crippen LogP contribution >= 0.6 is 11.6 Å². The van der Waals surface area contributed by atoms with Gasteiger partial charge in [-0.25, -0.2) is 12.8 Å². The molecular weight excluding hydrogens is 427 g/mol. The largest absolute Gasteiger partial charge is 0.348 e. The number of hydrogen-bond donors (Lipinski definition) is 1. The molecule has 3 aromatic rings. The molecule has 3 aromatic carbocycles. The zero-order valence-corrected chi connectivity index (χ0v) is 18.0. The lowest BCUT2D eigenvalue weighted by molar-refractivity contribution is 0.0950. The summed E-state index contributed by atoms with van der Waals surface area (Å²) in [4.78, 5) is 12.6. The van der Waals surface area contributed by atoms with Crippen LogP contribution in [0.25, 0.3) is 0 Å². The van der Waals surface area contributed by atoms with Gasteiger partial charge in [0.25, 0.3) is 15.9 Å². The summed E-state index contributed by atoms with van der Waals surface area (Å²) >= 11 is 5.84. The Balaban J connectivity index is 1.77. The minimum atomic E-state index is -3.78. The molecule has 0 aromatic heterocycles. The number of nitrogens with zero attached hydrogens (tertiary/aromatic N) is 1. The van der Waals surface area contributed by atoms with E-state index < -0.39 is 10.0 Å². The summed E-state index contributed by atoms with van der Waals surface area (Å²) in [5.41, 5.74) is 2.09. The molecule has 0 fully saturated rings. The van der Waals surface area contributed by atoms with Gasteiger partial charge < -0.3 is 5.32 Å². The van der Waals surface area contributed by atoms with Crippen molar-refractivity contribution < 1.29 is 17.6 Å². The third-order valence-corrected chi connectivity index (χ3v) is 6.65. The number of sulfonamides is 1. The van der Waals surface area contributed by atoms with Gasteiger partial charge in [0.2, 0.25) is 0 Å². The molecule has 3 rings (SSSR count). The fraction of sp³-hybridized carbons (Fsp3) is 0.136. The summed E-state index contributed by atoms with van der Waals surface area (Å²) in [6.07, 6.45) is 0. The van der Waals surface area contributed by atoms with Gasteiger partial charge in [-0.15, -0.1) is 0 Å². The summed E-state index contributed by atoms with van der Waals surface area (Å²) in [5.74, 6) is -0.705. The van der Waals surface area contributed by atoms with Crippen molar-refractivity contribution in [3.63, 3.8) is 0 Å². The Bertz CT molecular complexity index is 1180. The maximum atomic E-state index is 13.3. The van der Waals surface area contributed by atoms with E-state index in [1.54, 1.807) is 37.3 Å². The number of hydrogen-bond acceptors (Lipinski definition) is 3. The number of carbonyl (C=O) groups excluding carboxylic acids is 1. The molecule has 5 nitrogen and oxygen atoms in total. The molecule has 0 spiro atoms. The van der Waals surface area contributed by atoms with Gasteiger partial charge in [0, 0.05) is 24.2 Å². The van der Waals surface area contributed by atoms with Crippen LogP contribution in [-0.2, 0) is 16.6 Å². The maximum Gasteiger partial charge on any atom is 0.264 e. The number of anilines is 1. The third-order valence-electron chi connectivity index (χ3n) is 4.61. The average molecular weight is 447 g/mol. The second kappa shape index (κ2) is 8.85. The molecule has 0 aliphatic heterocycles. The first-order valence-corrected chi connectivity index (χ1v) is 10.9. The van der Waals surface area contributed by atoms with Crippen LogP contribution in [0, 0.1) is 12.7 Å². The summed E-state index contributed by atoms with van der Waals surface area (Å²) < 4.78 is 40.2. The number of amides is 1. The van der Waals surface area contributed by atoms with Gasteiger partial charge in [-0.1, -0.05) is 23.7 Å². The first-order chi connectivity index (χ1) is 14.2. The molecule has 0 heterocycles. The molecule has 0 unspecified atom stereocenters. The van der Waals surface area contributed by atoms with Crippen LogP contribution in [0.15, 0.2) is 71.6 Å². The van der Waals surface area contributed by atoms with Crippen LogP contribution in [0.5, 0.6) is 0 Å². The maximum absolute atomic E-state index is 13.3. The zero-order valence-electron chi connectivity index (χ0n) is 16.4. The molecule has 1 N–H and O–H groups in total. The van der Waals surface area contributed by atoms with E-state index in [1.165, 1.54) is 47.8 Å². The number of halogens is 2. The zero-order chi connectivity index (χ0) is 21.9. The third kappa shape index (κ3) is 4.80. The van der Waals surface area contributed by atoms with E-state index in [-0.39, 0.29) is 23.2 Å². The number of rotatable bonds is 6. The second-order valence-corrected chi connectivity index (χ2v) is 9.15. The molecule has 0 saturated carbocycles. The van der Waals surface area contributed by atoms with Crippen LogP contribution in [0.2, 0.25) is 5.02 Å². The molecule has 0 bridgehead atoms. The second-order valence-electron chi connectivity index (χ2n) is 6.74. The van der Waals surface area contributed by atoms with Crippen molar-refractivity contribution in [3.8, 4) is 0 Å². The van der Waals surface area contributed by atoms with Crippen molar-refractivity contribution in [1.29, 1.82) is 0 Å². The lowest BCUT2D eigenvalue weighted by atomic mass is 10.1. The quantitative estimate of drug-likeness (QED) is 0.604. The number of carbonyl (C=O) groups is 1. The summed E-state index contributed by atoms with van der Waals surface area (Å²) in [7, 11) is -2.32. The highest BCUT2D eigenvalue weighted by atomic mass is 35.5. The number of benzene rings is 3. The molecular formula is C22H20ClFN2O3S. The fourth-order valence-corrected chi connectivity index (χ4v) is 4.36. The normalized spacial score (nSPS) is 11.2. The smallest absolute Gasteiger partial charge is 0.264 e. The first kappa shape index (κ1) is 21.8. The van der Waals surface area contributed by atoms with Crippen molar-refractivity contribution in [2.24, 2.45) is 0 Å². The highest BCUT2D eigenvalue weighted by Crippen LogP contribution is 2.27. The molecule has 0 aliphatic carbocycles. The van der Waals surface area contributed by atoms with E-state index in [0.29, 0.717) is 27.4 Å². The van der Waals surface area contributed by atoms with Crippen molar-refractivity contribution in [3.05, 3.63) is 94.3 Å². The van der Waals surface area contributed by atoms with Gasteiger partial charge in [0.05, 0.1) is 10.6 Å². The Labute approximate surface area is 180 Å². The lowest BCUT2D eigenvalue weighted by Crippen LogP contribution is -2.27. The van der Waals surface area contributed by atoms with Crippen LogP contribution in [0.3, 0.4) is 0 Å². The SMILES string of the molecule is Cc1cc(C(=O)NCc2cccc(F)c2)ccc1N(C)S(=O)(=O)c1ccc(Cl)cc1. The summed E-state index contributed by atoms with van der Waals surface area (Å²) in [5, 5.41) is 3.18. The van der Waals surface area contributed by atoms with Gasteiger partial charge in [0.1, 0.15) is 5.82 Å². The Hall–Kier alpha value is -2.90. The van der Waals surface area contributed by atoms with Gasteiger partial charge in [-0.3, -0.25) is 9.10 Å². The Morgan fingerprint density at radius 3 is 2.40 bits per heavy atom. The average Bonchev–Trinajstić information content (AvgIpc) is 2.72. The molecule has 0 radical (unpaired) electrons. The van der Waals surface area contributed by atoms with Gasteiger partial charge in [-0.2, -0.15) is 0 Å². The van der Waals surface area contributed by atoms with Crippen molar-refractivity contribution in [2.45, 2.75) is 18.4 Å². The number of aryl methyl sites for hydroxylation is 1. The first-order valence-electron chi connectivity index (χ1n) is 9.06. The van der Waals surface area contributed by atoms with Gasteiger partial charge >= 0.3 is 0 Å². The van der Waals surface area contributed by atoms with Crippen LogP contribution in [0.1, 0.15) is 21.5 Å². The molecule has 156 valence electrons. The fourth-order valence-electron chi connectivity index (χ4n) is 2.98. The Morgan fingerprint density at radius 2 is 1.77 bits per heavy atom. The van der Waals surface area contributed by atoms with Crippen molar-refractivity contribution >= 4 is 33.2 Å². The highest BCUT2D eigenvalue weighted by molar-refractivity contribution is 7.92. The highest BCUT2D eigenvalue weighted by Gasteiger charge is 2.23. The summed E-state index contributed by atoms with van der Waals surface area (Å²) in [6, 6.07) is 16.6. The molecule has 1 amide bonds. The van der Waals surface area contributed by atoms with E-state index in [9.17, 15) is 17.6 Å². The van der Waals surface area contributed by atoms with Crippen LogP contribution in [0.4, 0.5) is 10.1 Å². The number of nitrogens with one attached hydrogen (secondary N) is 1. The molecule has 0 atom stereocenters. The van der Waals surface area contributed by atoms with Crippen LogP contribution < -0.4 is 9.62 Å². The van der Waals surface area contributed by atoms with Crippen molar-refractivity contribution in [1.82, 2.24) is 5.32 Å². The topological polar surface area (TPSA) is 66.5 Å². The van der Waals surface area contributed by atoms with Crippen molar-refractivity contribution in [2.75, 3.05) is 11.4 Å².